The Labute approximate surface area is 376 Å². The van der Waals surface area contributed by atoms with Gasteiger partial charge in [-0.3, -0.25) is 0 Å². The first-order valence-electron chi connectivity index (χ1n) is 22.9. The number of aliphatic hydroxyl groups is 3. The third-order valence-corrected chi connectivity index (χ3v) is 15.8. The van der Waals surface area contributed by atoms with Gasteiger partial charge in [0, 0.05) is 0 Å². The Bertz CT molecular complexity index is 4280. The summed E-state index contributed by atoms with van der Waals surface area (Å²) < 4.78 is 0. The lowest BCUT2D eigenvalue weighted by Gasteiger charge is -2.27. The first-order valence-corrected chi connectivity index (χ1v) is 22.9. The smallest absolute Gasteiger partial charge is 0.105 e. The summed E-state index contributed by atoms with van der Waals surface area (Å²) in [5, 5.41) is 64.9. The van der Waals surface area contributed by atoms with Crippen LogP contribution in [0.25, 0.3) is 129 Å². The number of hydrogen-bond acceptors (Lipinski definition) is 3. The van der Waals surface area contributed by atoms with E-state index in [-0.39, 0.29) is 0 Å². The molecule has 0 heterocycles. The molecular formula is C63H36O3. The highest BCUT2D eigenvalue weighted by molar-refractivity contribution is 6.47. The third kappa shape index (κ3) is 4.25. The molecule has 66 heavy (non-hydrogen) atoms. The van der Waals surface area contributed by atoms with Gasteiger partial charge in [-0.05, 0) is 187 Å². The number of aliphatic hydroxyl groups excluding tert-OH is 3. The van der Waals surface area contributed by atoms with Gasteiger partial charge in [0.15, 0.2) is 0 Å². The predicted molar refractivity (Wildman–Crippen MR) is 275 cm³/mol. The molecule has 2 atom stereocenters. The largest absolute Gasteiger partial charge is 0.384 e. The summed E-state index contributed by atoms with van der Waals surface area (Å²) in [6.07, 6.45) is -2.48. The van der Waals surface area contributed by atoms with Crippen molar-refractivity contribution in [2.75, 3.05) is 0 Å². The van der Waals surface area contributed by atoms with Crippen molar-refractivity contribution >= 4 is 129 Å². The summed E-state index contributed by atoms with van der Waals surface area (Å²) in [5.41, 5.74) is 5.35. The van der Waals surface area contributed by atoms with Crippen molar-refractivity contribution in [2.24, 2.45) is 0 Å². The van der Waals surface area contributed by atoms with E-state index in [1.807, 2.05) is 60.7 Å². The van der Waals surface area contributed by atoms with Crippen LogP contribution < -0.4 is 0 Å². The zero-order chi connectivity index (χ0) is 43.3. The molecule has 0 aromatic heterocycles. The molecule has 0 saturated heterocycles. The average Bonchev–Trinajstić information content (AvgIpc) is 3.38. The van der Waals surface area contributed by atoms with Gasteiger partial charge < -0.3 is 15.3 Å². The molecule has 3 nitrogen and oxygen atoms in total. The highest BCUT2D eigenvalue weighted by atomic mass is 16.3. The molecule has 2 unspecified atom stereocenters. The van der Waals surface area contributed by atoms with Crippen LogP contribution in [-0.4, -0.2) is 15.3 Å². The molecule has 0 aliphatic carbocycles. The Balaban J connectivity index is 0.976. The Morgan fingerprint density at radius 2 is 0.439 bits per heavy atom. The maximum atomic E-state index is 13.3. The molecule has 0 fully saturated rings. The topological polar surface area (TPSA) is 60.7 Å². The number of rotatable bonds is 6. The molecule has 3 heteroatoms. The molecule has 306 valence electrons. The van der Waals surface area contributed by atoms with Crippen molar-refractivity contribution in [3.05, 3.63) is 215 Å². The van der Waals surface area contributed by atoms with Gasteiger partial charge in [0.1, 0.15) is 18.3 Å². The van der Waals surface area contributed by atoms with Crippen LogP contribution in [0.1, 0.15) is 51.7 Å². The number of hydrogen-bond donors (Lipinski definition) is 3. The van der Waals surface area contributed by atoms with Gasteiger partial charge in [0.2, 0.25) is 0 Å². The molecule has 16 aromatic rings. The Kier molecular flexibility index (Phi) is 6.57. The molecule has 0 aliphatic rings. The lowest BCUT2D eigenvalue weighted by molar-refractivity contribution is 0.222. The average molecular weight is 841 g/mol. The van der Waals surface area contributed by atoms with Gasteiger partial charge in [-0.2, -0.15) is 0 Å². The van der Waals surface area contributed by atoms with E-state index in [2.05, 4.69) is 121 Å². The van der Waals surface area contributed by atoms with E-state index in [4.69, 9.17) is 0 Å². The first kappa shape index (κ1) is 35.4. The van der Waals surface area contributed by atoms with Crippen LogP contribution in [0.3, 0.4) is 0 Å². The van der Waals surface area contributed by atoms with Crippen LogP contribution in [-0.2, 0) is 0 Å². The maximum Gasteiger partial charge on any atom is 0.105 e. The summed E-state index contributed by atoms with van der Waals surface area (Å²) in [7, 11) is 0. The van der Waals surface area contributed by atoms with E-state index < -0.39 is 18.3 Å². The van der Waals surface area contributed by atoms with E-state index in [9.17, 15) is 15.3 Å². The van der Waals surface area contributed by atoms with Crippen molar-refractivity contribution in [1.29, 1.82) is 0 Å². The molecule has 0 bridgehead atoms. The maximum absolute atomic E-state index is 13.3. The zero-order valence-corrected chi connectivity index (χ0v) is 35.4. The third-order valence-electron chi connectivity index (χ3n) is 15.8. The second-order valence-corrected chi connectivity index (χ2v) is 18.9. The summed E-state index contributed by atoms with van der Waals surface area (Å²) in [6, 6.07) is 64.3. The molecule has 0 radical (unpaired) electrons. The molecular weight excluding hydrogens is 805 g/mol. The lowest BCUT2D eigenvalue weighted by atomic mass is 9.78. The van der Waals surface area contributed by atoms with Crippen LogP contribution in [0, 0.1) is 0 Å². The number of benzene rings is 16. The zero-order valence-electron chi connectivity index (χ0n) is 35.4. The van der Waals surface area contributed by atoms with E-state index in [1.165, 1.54) is 75.4 Å². The molecule has 16 rings (SSSR count). The summed E-state index contributed by atoms with van der Waals surface area (Å²) >= 11 is 0. The molecule has 16 aromatic carbocycles. The van der Waals surface area contributed by atoms with Crippen molar-refractivity contribution in [3.8, 4) is 0 Å². The summed E-state index contributed by atoms with van der Waals surface area (Å²) in [6.45, 7) is 0. The Morgan fingerprint density at radius 3 is 0.727 bits per heavy atom. The normalized spacial score (nSPS) is 14.4. The van der Waals surface area contributed by atoms with Crippen molar-refractivity contribution in [3.63, 3.8) is 0 Å². The monoisotopic (exact) mass is 840 g/mol. The SMILES string of the molecule is OC(c1ccccc1)c1cc2ccc3ccc4c(C(O)c5cc6ccc7ccc8c(C(O)c9ccccc9)cc9ccc%10ccc5c5c%10c9c8c7c65)cc5ccc6ccc1c1c2c3c4c5c61. The quantitative estimate of drug-likeness (QED) is 0.115. The fourth-order valence-corrected chi connectivity index (χ4v) is 13.0. The first-order chi connectivity index (χ1) is 32.5. The van der Waals surface area contributed by atoms with Crippen molar-refractivity contribution < 1.29 is 15.3 Å². The van der Waals surface area contributed by atoms with E-state index in [0.29, 0.717) is 0 Å². The van der Waals surface area contributed by atoms with Crippen molar-refractivity contribution in [1.82, 2.24) is 0 Å². The van der Waals surface area contributed by atoms with Gasteiger partial charge in [-0.25, -0.2) is 0 Å². The predicted octanol–water partition coefficient (Wildman–Crippen LogP) is 15.4. The Hall–Kier alpha value is -7.92. The van der Waals surface area contributed by atoms with E-state index in [1.54, 1.807) is 0 Å². The van der Waals surface area contributed by atoms with Crippen LogP contribution in [0.4, 0.5) is 0 Å². The second kappa shape index (κ2) is 12.2. The molecule has 0 amide bonds. The highest BCUT2D eigenvalue weighted by Crippen LogP contribution is 2.54. The molecule has 0 spiro atoms. The van der Waals surface area contributed by atoms with Crippen LogP contribution in [0.15, 0.2) is 182 Å². The van der Waals surface area contributed by atoms with Gasteiger partial charge in [-0.1, -0.05) is 158 Å². The molecule has 0 saturated carbocycles. The summed E-state index contributed by atoms with van der Waals surface area (Å²) in [4.78, 5) is 0. The molecule has 0 aliphatic heterocycles. The minimum atomic E-state index is -0.931. The van der Waals surface area contributed by atoms with Crippen LogP contribution >= 0.6 is 0 Å². The van der Waals surface area contributed by atoms with Gasteiger partial charge >= 0.3 is 0 Å². The van der Waals surface area contributed by atoms with E-state index in [0.717, 1.165) is 87.2 Å². The molecule has 3 N–H and O–H groups in total. The van der Waals surface area contributed by atoms with Crippen LogP contribution in [0.2, 0.25) is 0 Å². The van der Waals surface area contributed by atoms with E-state index >= 15 is 0 Å². The van der Waals surface area contributed by atoms with Gasteiger partial charge in [-0.15, -0.1) is 0 Å². The Morgan fingerprint density at radius 1 is 0.212 bits per heavy atom. The summed E-state index contributed by atoms with van der Waals surface area (Å²) in [5.74, 6) is 0. The van der Waals surface area contributed by atoms with Crippen molar-refractivity contribution in [2.45, 2.75) is 18.3 Å². The van der Waals surface area contributed by atoms with Crippen LogP contribution in [0.5, 0.6) is 0 Å². The fraction of sp³-hybridized carbons (Fsp3) is 0.0476. The fourth-order valence-electron chi connectivity index (χ4n) is 13.0. The lowest BCUT2D eigenvalue weighted by Crippen LogP contribution is -2.05. The minimum absolute atomic E-state index is 0.773. The minimum Gasteiger partial charge on any atom is -0.384 e. The highest BCUT2D eigenvalue weighted by Gasteiger charge is 2.30. The standard InChI is InChI=1S/C63H36O3/c64-61(35-7-3-1-4-8-35)45-27-37-15-11-33-21-25-43-47(29-39-17-13-31-19-23-41(45)57-49(31)55(39)59(43)51(33)53(37)57)63(66)48-30-40-18-14-32-20-24-42-46(62(65)36-9-5-2-6-10-36)28-38-16-12-34-22-26-44(48)60-52(34)54(38)58(42)50(32)56(40)60/h1-30,61-66H. The van der Waals surface area contributed by atoms with Gasteiger partial charge in [0.05, 0.1) is 0 Å². The van der Waals surface area contributed by atoms with Gasteiger partial charge in [0.25, 0.3) is 0 Å². The second-order valence-electron chi connectivity index (χ2n) is 18.9.